The maximum atomic E-state index is 11.9. The zero-order chi connectivity index (χ0) is 12.3. The normalized spacial score (nSPS) is 13.6. The molecule has 1 aromatic carbocycles. The Morgan fingerprint density at radius 1 is 1.44 bits per heavy atom. The van der Waals surface area contributed by atoms with E-state index in [1.807, 2.05) is 0 Å². The lowest BCUT2D eigenvalue weighted by Crippen LogP contribution is -2.17. The van der Waals surface area contributed by atoms with Crippen LogP contribution in [-0.2, 0) is 0 Å². The van der Waals surface area contributed by atoms with Gasteiger partial charge in [-0.3, -0.25) is 0 Å². The van der Waals surface area contributed by atoms with Crippen LogP contribution in [0.1, 0.15) is 25.0 Å². The first-order valence-electron chi connectivity index (χ1n) is 4.66. The van der Waals surface area contributed by atoms with E-state index in [4.69, 9.17) is 5.73 Å². The third-order valence-electron chi connectivity index (χ3n) is 2.04. The molecule has 0 fully saturated rings. The third-order valence-corrected chi connectivity index (χ3v) is 2.04. The zero-order valence-electron chi connectivity index (χ0n) is 8.58. The second-order valence-corrected chi connectivity index (χ2v) is 3.26. The molecule has 0 radical (unpaired) electrons. The van der Waals surface area contributed by atoms with E-state index in [1.54, 1.807) is 6.92 Å². The van der Waals surface area contributed by atoms with Gasteiger partial charge in [0, 0.05) is 11.3 Å². The van der Waals surface area contributed by atoms with Gasteiger partial charge in [-0.05, 0) is 24.6 Å². The van der Waals surface area contributed by atoms with Gasteiger partial charge in [0.15, 0.2) is 0 Å². The average molecular weight is 235 g/mol. The Kier molecular flexibility index (Phi) is 3.64. The molecule has 6 heteroatoms. The summed E-state index contributed by atoms with van der Waals surface area (Å²) < 4.78 is 39.5. The molecule has 0 saturated heterocycles. The second-order valence-electron chi connectivity index (χ2n) is 3.26. The predicted octanol–water partition coefficient (Wildman–Crippen LogP) is 2.61. The van der Waals surface area contributed by atoms with Crippen molar-refractivity contribution in [1.29, 1.82) is 0 Å². The van der Waals surface area contributed by atoms with Crippen LogP contribution in [0.5, 0.6) is 5.75 Å². The number of aliphatic hydroxyl groups is 1. The summed E-state index contributed by atoms with van der Waals surface area (Å²) in [5.41, 5.74) is 6.01. The summed E-state index contributed by atoms with van der Waals surface area (Å²) in [5, 5.41) is 9.52. The Morgan fingerprint density at radius 2 is 2.06 bits per heavy atom. The molecule has 3 nitrogen and oxygen atoms in total. The molecule has 1 rings (SSSR count). The van der Waals surface area contributed by atoms with Gasteiger partial charge in [-0.1, -0.05) is 6.92 Å². The molecular formula is C10H12F3NO2. The van der Waals surface area contributed by atoms with E-state index in [-0.39, 0.29) is 17.0 Å². The van der Waals surface area contributed by atoms with Crippen LogP contribution in [0.4, 0.5) is 18.9 Å². The number of ether oxygens (including phenoxy) is 1. The summed E-state index contributed by atoms with van der Waals surface area (Å²) in [5.74, 6) is -0.385. The van der Waals surface area contributed by atoms with Crippen LogP contribution in [0.15, 0.2) is 18.2 Å². The van der Waals surface area contributed by atoms with Gasteiger partial charge in [0.25, 0.3) is 0 Å². The number of alkyl halides is 3. The van der Waals surface area contributed by atoms with Crippen molar-refractivity contribution in [1.82, 2.24) is 0 Å². The number of rotatable bonds is 3. The van der Waals surface area contributed by atoms with Crippen LogP contribution in [0.2, 0.25) is 0 Å². The van der Waals surface area contributed by atoms with Crippen molar-refractivity contribution >= 4 is 5.69 Å². The van der Waals surface area contributed by atoms with E-state index in [0.717, 1.165) is 12.1 Å². The topological polar surface area (TPSA) is 55.5 Å². The third kappa shape index (κ3) is 3.30. The maximum Gasteiger partial charge on any atom is 0.573 e. The lowest BCUT2D eigenvalue weighted by molar-refractivity contribution is -0.274. The number of nitrogen functional groups attached to an aromatic ring is 1. The number of aliphatic hydroxyl groups excluding tert-OH is 1. The highest BCUT2D eigenvalue weighted by Crippen LogP contribution is 2.30. The van der Waals surface area contributed by atoms with Gasteiger partial charge in [-0.2, -0.15) is 0 Å². The molecule has 0 aliphatic carbocycles. The number of hydrogen-bond donors (Lipinski definition) is 2. The minimum absolute atomic E-state index is 0.240. The summed E-state index contributed by atoms with van der Waals surface area (Å²) >= 11 is 0. The molecular weight excluding hydrogens is 223 g/mol. The first kappa shape index (κ1) is 12.6. The molecule has 0 aliphatic heterocycles. The van der Waals surface area contributed by atoms with Crippen molar-refractivity contribution in [3.05, 3.63) is 23.8 Å². The first-order valence-corrected chi connectivity index (χ1v) is 4.66. The Morgan fingerprint density at radius 3 is 2.56 bits per heavy atom. The minimum atomic E-state index is -4.75. The number of hydrogen-bond acceptors (Lipinski definition) is 3. The van der Waals surface area contributed by atoms with Gasteiger partial charge in [-0.25, -0.2) is 0 Å². The van der Waals surface area contributed by atoms with Gasteiger partial charge < -0.3 is 15.6 Å². The van der Waals surface area contributed by atoms with Gasteiger partial charge in [0.1, 0.15) is 5.75 Å². The van der Waals surface area contributed by atoms with Crippen LogP contribution in [-0.4, -0.2) is 11.5 Å². The average Bonchev–Trinajstić information content (AvgIpc) is 2.18. The molecule has 0 saturated carbocycles. The quantitative estimate of drug-likeness (QED) is 0.792. The molecule has 1 aromatic rings. The highest BCUT2D eigenvalue weighted by Gasteiger charge is 2.31. The molecule has 1 atom stereocenters. The highest BCUT2D eigenvalue weighted by molar-refractivity contribution is 5.51. The Labute approximate surface area is 90.6 Å². The number of halogens is 3. The van der Waals surface area contributed by atoms with Crippen molar-refractivity contribution in [2.45, 2.75) is 25.8 Å². The monoisotopic (exact) mass is 235 g/mol. The molecule has 0 aromatic heterocycles. The first-order chi connectivity index (χ1) is 7.33. The molecule has 16 heavy (non-hydrogen) atoms. The Bertz CT molecular complexity index is 366. The summed E-state index contributed by atoms with van der Waals surface area (Å²) in [6.45, 7) is 1.70. The van der Waals surface area contributed by atoms with Crippen molar-refractivity contribution in [2.24, 2.45) is 0 Å². The number of anilines is 1. The minimum Gasteiger partial charge on any atom is -0.406 e. The lowest BCUT2D eigenvalue weighted by Gasteiger charge is -2.14. The van der Waals surface area contributed by atoms with Crippen molar-refractivity contribution in [3.63, 3.8) is 0 Å². The molecule has 0 spiro atoms. The van der Waals surface area contributed by atoms with Gasteiger partial charge in [0.2, 0.25) is 0 Å². The van der Waals surface area contributed by atoms with Crippen LogP contribution in [0.25, 0.3) is 0 Å². The lowest BCUT2D eigenvalue weighted by atomic mass is 10.1. The second kappa shape index (κ2) is 4.61. The van der Waals surface area contributed by atoms with E-state index in [0.29, 0.717) is 6.42 Å². The van der Waals surface area contributed by atoms with E-state index < -0.39 is 12.5 Å². The summed E-state index contributed by atoms with van der Waals surface area (Å²) in [4.78, 5) is 0. The maximum absolute atomic E-state index is 11.9. The van der Waals surface area contributed by atoms with E-state index >= 15 is 0 Å². The molecule has 0 amide bonds. The SMILES string of the molecule is CCC(O)c1cc(OC(F)(F)F)ccc1N. The molecule has 0 aliphatic rings. The molecule has 90 valence electrons. The van der Waals surface area contributed by atoms with Crippen molar-refractivity contribution in [3.8, 4) is 5.75 Å². The Hall–Kier alpha value is -1.43. The summed E-state index contributed by atoms with van der Waals surface area (Å²) in [6.07, 6.45) is -5.28. The van der Waals surface area contributed by atoms with Gasteiger partial charge in [0.05, 0.1) is 6.10 Å². The van der Waals surface area contributed by atoms with Crippen LogP contribution >= 0.6 is 0 Å². The van der Waals surface area contributed by atoms with E-state index in [2.05, 4.69) is 4.74 Å². The number of nitrogens with two attached hydrogens (primary N) is 1. The largest absolute Gasteiger partial charge is 0.573 e. The highest BCUT2D eigenvalue weighted by atomic mass is 19.4. The zero-order valence-corrected chi connectivity index (χ0v) is 8.58. The molecule has 0 bridgehead atoms. The Balaban J connectivity index is 2.98. The fraction of sp³-hybridized carbons (Fsp3) is 0.400. The summed E-state index contributed by atoms with van der Waals surface area (Å²) in [6, 6.07) is 3.47. The van der Waals surface area contributed by atoms with E-state index in [9.17, 15) is 18.3 Å². The van der Waals surface area contributed by atoms with E-state index in [1.165, 1.54) is 6.07 Å². The van der Waals surface area contributed by atoms with Gasteiger partial charge in [-0.15, -0.1) is 13.2 Å². The van der Waals surface area contributed by atoms with Crippen LogP contribution in [0, 0.1) is 0 Å². The van der Waals surface area contributed by atoms with Crippen molar-refractivity contribution in [2.75, 3.05) is 5.73 Å². The van der Waals surface area contributed by atoms with Crippen LogP contribution in [0.3, 0.4) is 0 Å². The van der Waals surface area contributed by atoms with Crippen molar-refractivity contribution < 1.29 is 23.0 Å². The standard InChI is InChI=1S/C10H12F3NO2/c1-2-9(15)7-5-6(3-4-8(7)14)16-10(11,12)13/h3-5,9,15H,2,14H2,1H3. The molecule has 0 heterocycles. The van der Waals surface area contributed by atoms with Crippen LogP contribution < -0.4 is 10.5 Å². The fourth-order valence-corrected chi connectivity index (χ4v) is 1.26. The van der Waals surface area contributed by atoms with Gasteiger partial charge >= 0.3 is 6.36 Å². The summed E-state index contributed by atoms with van der Waals surface area (Å²) in [7, 11) is 0. The molecule has 1 unspecified atom stereocenters. The molecule has 3 N–H and O–H groups in total. The smallest absolute Gasteiger partial charge is 0.406 e. The predicted molar refractivity (Wildman–Crippen MR) is 52.8 cm³/mol. The fourth-order valence-electron chi connectivity index (χ4n) is 1.26. The number of benzene rings is 1.